The molecule has 0 spiro atoms. The van der Waals surface area contributed by atoms with Crippen LogP contribution in [0.2, 0.25) is 5.02 Å². The molecule has 0 aromatic heterocycles. The van der Waals surface area contributed by atoms with Gasteiger partial charge in [-0.2, -0.15) is 0 Å². The highest BCUT2D eigenvalue weighted by Crippen LogP contribution is 2.47. The summed E-state index contributed by atoms with van der Waals surface area (Å²) in [5.74, 6) is 2.99. The van der Waals surface area contributed by atoms with Crippen molar-refractivity contribution in [3.05, 3.63) is 34.9 Å². The molecule has 17 heavy (non-hydrogen) atoms. The third-order valence-electron chi connectivity index (χ3n) is 4.56. The van der Waals surface area contributed by atoms with E-state index in [0.29, 0.717) is 0 Å². The van der Waals surface area contributed by atoms with E-state index < -0.39 is 0 Å². The first-order valence-corrected chi connectivity index (χ1v) is 7.15. The summed E-state index contributed by atoms with van der Waals surface area (Å²) in [6.07, 6.45) is 5.92. The van der Waals surface area contributed by atoms with Crippen LogP contribution in [-0.2, 0) is 6.54 Å². The van der Waals surface area contributed by atoms with E-state index in [1.165, 1.54) is 37.8 Å². The quantitative estimate of drug-likeness (QED) is 0.854. The molecule has 1 aromatic rings. The van der Waals surface area contributed by atoms with Gasteiger partial charge in [-0.1, -0.05) is 36.2 Å². The molecule has 3 unspecified atom stereocenters. The molecular weight excluding hydrogens is 230 g/mol. The monoisotopic (exact) mass is 249 g/mol. The lowest BCUT2D eigenvalue weighted by Crippen LogP contribution is -2.26. The Morgan fingerprint density at radius 3 is 2.76 bits per heavy atom. The van der Waals surface area contributed by atoms with Gasteiger partial charge < -0.3 is 5.32 Å². The van der Waals surface area contributed by atoms with Crippen LogP contribution in [0.4, 0.5) is 0 Å². The van der Waals surface area contributed by atoms with Gasteiger partial charge in [-0.05, 0) is 55.2 Å². The molecule has 1 N–H and O–H groups in total. The lowest BCUT2D eigenvalue weighted by Gasteiger charge is -2.22. The topological polar surface area (TPSA) is 12.0 Å². The average Bonchev–Trinajstić information content (AvgIpc) is 2.94. The van der Waals surface area contributed by atoms with Crippen LogP contribution in [0.15, 0.2) is 24.3 Å². The summed E-state index contributed by atoms with van der Waals surface area (Å²) < 4.78 is 0. The SMILES string of the molecule is Clc1ccccc1CNCC1CC2CCC1C2. The first-order chi connectivity index (χ1) is 8.33. The van der Waals surface area contributed by atoms with Crippen molar-refractivity contribution in [2.75, 3.05) is 6.54 Å². The van der Waals surface area contributed by atoms with Gasteiger partial charge in [0, 0.05) is 11.6 Å². The van der Waals surface area contributed by atoms with E-state index in [0.717, 1.165) is 29.3 Å². The Morgan fingerprint density at radius 2 is 2.06 bits per heavy atom. The highest BCUT2D eigenvalue weighted by molar-refractivity contribution is 6.31. The minimum atomic E-state index is 0.882. The smallest absolute Gasteiger partial charge is 0.0450 e. The number of hydrogen-bond acceptors (Lipinski definition) is 1. The maximum atomic E-state index is 6.14. The van der Waals surface area contributed by atoms with E-state index in [9.17, 15) is 0 Å². The van der Waals surface area contributed by atoms with Crippen LogP contribution >= 0.6 is 11.6 Å². The van der Waals surface area contributed by atoms with Crippen LogP contribution in [0.25, 0.3) is 0 Å². The van der Waals surface area contributed by atoms with Crippen LogP contribution in [0.3, 0.4) is 0 Å². The molecule has 2 bridgehead atoms. The summed E-state index contributed by atoms with van der Waals surface area (Å²) in [5.41, 5.74) is 1.22. The molecule has 2 saturated carbocycles. The first-order valence-electron chi connectivity index (χ1n) is 6.77. The zero-order valence-corrected chi connectivity index (χ0v) is 10.9. The summed E-state index contributed by atoms with van der Waals surface area (Å²) in [4.78, 5) is 0. The highest BCUT2D eigenvalue weighted by atomic mass is 35.5. The number of halogens is 1. The number of benzene rings is 1. The van der Waals surface area contributed by atoms with Crippen LogP contribution in [-0.4, -0.2) is 6.54 Å². The van der Waals surface area contributed by atoms with Crippen molar-refractivity contribution in [3.8, 4) is 0 Å². The standard InChI is InChI=1S/C15H20ClN/c16-15-4-2-1-3-13(15)9-17-10-14-8-11-5-6-12(14)7-11/h1-4,11-12,14,17H,5-10H2. The maximum absolute atomic E-state index is 6.14. The number of rotatable bonds is 4. The second-order valence-corrected chi connectivity index (χ2v) is 6.06. The second-order valence-electron chi connectivity index (χ2n) is 5.66. The Kier molecular flexibility index (Phi) is 3.39. The van der Waals surface area contributed by atoms with Gasteiger partial charge in [0.1, 0.15) is 0 Å². The number of fused-ring (bicyclic) bond motifs is 2. The van der Waals surface area contributed by atoms with E-state index in [1.54, 1.807) is 0 Å². The lowest BCUT2D eigenvalue weighted by atomic mass is 9.89. The Morgan fingerprint density at radius 1 is 1.18 bits per heavy atom. The van der Waals surface area contributed by atoms with E-state index >= 15 is 0 Å². The van der Waals surface area contributed by atoms with Crippen LogP contribution in [0.5, 0.6) is 0 Å². The molecule has 0 aliphatic heterocycles. The van der Waals surface area contributed by atoms with E-state index in [1.807, 2.05) is 12.1 Å². The predicted molar refractivity (Wildman–Crippen MR) is 72.1 cm³/mol. The lowest BCUT2D eigenvalue weighted by molar-refractivity contribution is 0.318. The van der Waals surface area contributed by atoms with E-state index in [2.05, 4.69) is 17.4 Å². The summed E-state index contributed by atoms with van der Waals surface area (Å²) >= 11 is 6.14. The van der Waals surface area contributed by atoms with Crippen molar-refractivity contribution in [1.82, 2.24) is 5.32 Å². The Balaban J connectivity index is 1.48. The molecule has 0 amide bonds. The normalized spacial score (nSPS) is 31.0. The minimum Gasteiger partial charge on any atom is -0.312 e. The molecule has 2 heteroatoms. The third kappa shape index (κ3) is 2.51. The molecule has 0 saturated heterocycles. The van der Waals surface area contributed by atoms with Gasteiger partial charge in [0.25, 0.3) is 0 Å². The van der Waals surface area contributed by atoms with Gasteiger partial charge in [0.05, 0.1) is 0 Å². The van der Waals surface area contributed by atoms with Crippen molar-refractivity contribution in [1.29, 1.82) is 0 Å². The summed E-state index contributed by atoms with van der Waals surface area (Å²) in [5, 5.41) is 4.47. The van der Waals surface area contributed by atoms with Gasteiger partial charge in [-0.15, -0.1) is 0 Å². The second kappa shape index (κ2) is 4.99. The first kappa shape index (κ1) is 11.6. The maximum Gasteiger partial charge on any atom is 0.0450 e. The number of nitrogens with one attached hydrogen (secondary N) is 1. The summed E-state index contributed by atoms with van der Waals surface area (Å²) in [7, 11) is 0. The van der Waals surface area contributed by atoms with Crippen molar-refractivity contribution >= 4 is 11.6 Å². The minimum absolute atomic E-state index is 0.882. The van der Waals surface area contributed by atoms with Gasteiger partial charge in [-0.25, -0.2) is 0 Å². The van der Waals surface area contributed by atoms with Crippen LogP contribution < -0.4 is 5.32 Å². The summed E-state index contributed by atoms with van der Waals surface area (Å²) in [6, 6.07) is 8.12. The van der Waals surface area contributed by atoms with Crippen molar-refractivity contribution in [3.63, 3.8) is 0 Å². The fourth-order valence-corrected chi connectivity index (χ4v) is 3.86. The Bertz CT molecular complexity index is 390. The van der Waals surface area contributed by atoms with Crippen molar-refractivity contribution in [2.45, 2.75) is 32.2 Å². The Hall–Kier alpha value is -0.530. The van der Waals surface area contributed by atoms with Gasteiger partial charge in [0.2, 0.25) is 0 Å². The highest BCUT2D eigenvalue weighted by Gasteiger charge is 2.38. The van der Waals surface area contributed by atoms with Gasteiger partial charge >= 0.3 is 0 Å². The summed E-state index contributed by atoms with van der Waals surface area (Å²) in [6.45, 7) is 2.08. The molecule has 2 aliphatic rings. The molecule has 2 fully saturated rings. The zero-order valence-electron chi connectivity index (χ0n) is 10.2. The van der Waals surface area contributed by atoms with Crippen LogP contribution in [0, 0.1) is 17.8 Å². The van der Waals surface area contributed by atoms with Gasteiger partial charge in [0.15, 0.2) is 0 Å². The zero-order chi connectivity index (χ0) is 11.7. The molecule has 1 nitrogen and oxygen atoms in total. The van der Waals surface area contributed by atoms with E-state index in [-0.39, 0.29) is 0 Å². The molecule has 0 radical (unpaired) electrons. The van der Waals surface area contributed by atoms with Crippen molar-refractivity contribution < 1.29 is 0 Å². The fraction of sp³-hybridized carbons (Fsp3) is 0.600. The molecule has 1 aromatic carbocycles. The van der Waals surface area contributed by atoms with Crippen LogP contribution in [0.1, 0.15) is 31.2 Å². The molecule has 0 heterocycles. The fourth-order valence-electron chi connectivity index (χ4n) is 3.66. The average molecular weight is 250 g/mol. The molecule has 3 atom stereocenters. The Labute approximate surface area is 109 Å². The molecule has 92 valence electrons. The predicted octanol–water partition coefficient (Wildman–Crippen LogP) is 3.87. The third-order valence-corrected chi connectivity index (χ3v) is 4.93. The molecule has 2 aliphatic carbocycles. The molecule has 3 rings (SSSR count). The largest absolute Gasteiger partial charge is 0.312 e. The van der Waals surface area contributed by atoms with Gasteiger partial charge in [-0.3, -0.25) is 0 Å². The van der Waals surface area contributed by atoms with E-state index in [4.69, 9.17) is 11.6 Å². The van der Waals surface area contributed by atoms with Crippen molar-refractivity contribution in [2.24, 2.45) is 17.8 Å². The molecular formula is C15H20ClN. The number of hydrogen-bond donors (Lipinski definition) is 1.